The third-order valence-electron chi connectivity index (χ3n) is 2.57. The highest BCUT2D eigenvalue weighted by Gasteiger charge is 2.17. The van der Waals surface area contributed by atoms with Crippen molar-refractivity contribution < 1.29 is 4.74 Å². The lowest BCUT2D eigenvalue weighted by Crippen LogP contribution is -2.12. The van der Waals surface area contributed by atoms with Crippen LogP contribution in [0, 0.1) is 6.92 Å². The Hall–Kier alpha value is -1.39. The summed E-state index contributed by atoms with van der Waals surface area (Å²) in [4.78, 5) is 5.16. The van der Waals surface area contributed by atoms with Gasteiger partial charge in [0.05, 0.1) is 18.0 Å². The van der Waals surface area contributed by atoms with E-state index in [2.05, 4.69) is 4.98 Å². The molecule has 2 aromatic heterocycles. The molecule has 1 unspecified atom stereocenters. The van der Waals surface area contributed by atoms with Gasteiger partial charge in [-0.1, -0.05) is 0 Å². The van der Waals surface area contributed by atoms with Crippen LogP contribution in [0.25, 0.3) is 0 Å². The SMILES string of the molecule is COc1ccsc1C(N)c1cnccc1C. The van der Waals surface area contributed by atoms with E-state index in [1.165, 1.54) is 0 Å². The first-order valence-electron chi connectivity index (χ1n) is 5.01. The Morgan fingerprint density at radius 1 is 1.44 bits per heavy atom. The molecule has 3 nitrogen and oxygen atoms in total. The van der Waals surface area contributed by atoms with Crippen molar-refractivity contribution in [1.29, 1.82) is 0 Å². The summed E-state index contributed by atoms with van der Waals surface area (Å²) in [5.74, 6) is 0.848. The second-order valence-corrected chi connectivity index (χ2v) is 4.51. The van der Waals surface area contributed by atoms with Crippen LogP contribution in [0.3, 0.4) is 0 Å². The fourth-order valence-electron chi connectivity index (χ4n) is 1.65. The van der Waals surface area contributed by atoms with Crippen LogP contribution in [0.4, 0.5) is 0 Å². The van der Waals surface area contributed by atoms with Gasteiger partial charge in [0.15, 0.2) is 0 Å². The standard InChI is InChI=1S/C12H14N2OS/c1-8-3-5-14-7-9(8)11(13)12-10(15-2)4-6-16-12/h3-7,11H,13H2,1-2H3. The lowest BCUT2D eigenvalue weighted by atomic mass is 10.0. The lowest BCUT2D eigenvalue weighted by molar-refractivity contribution is 0.411. The highest BCUT2D eigenvalue weighted by molar-refractivity contribution is 7.10. The smallest absolute Gasteiger partial charge is 0.134 e. The van der Waals surface area contributed by atoms with Gasteiger partial charge in [-0.05, 0) is 35.6 Å². The molecule has 2 rings (SSSR count). The van der Waals surface area contributed by atoms with Crippen LogP contribution in [0.1, 0.15) is 22.0 Å². The maximum absolute atomic E-state index is 6.23. The van der Waals surface area contributed by atoms with Crippen molar-refractivity contribution in [3.05, 3.63) is 45.9 Å². The molecule has 0 aliphatic rings. The predicted molar refractivity (Wildman–Crippen MR) is 65.9 cm³/mol. The Morgan fingerprint density at radius 2 is 2.25 bits per heavy atom. The van der Waals surface area contributed by atoms with Gasteiger partial charge in [0.1, 0.15) is 5.75 Å². The van der Waals surface area contributed by atoms with Crippen LogP contribution in [-0.4, -0.2) is 12.1 Å². The van der Waals surface area contributed by atoms with E-state index in [-0.39, 0.29) is 6.04 Å². The van der Waals surface area contributed by atoms with E-state index in [0.29, 0.717) is 0 Å². The van der Waals surface area contributed by atoms with Crippen molar-refractivity contribution in [2.45, 2.75) is 13.0 Å². The minimum atomic E-state index is -0.163. The number of hydrogen-bond acceptors (Lipinski definition) is 4. The second-order valence-electron chi connectivity index (χ2n) is 3.56. The number of aryl methyl sites for hydroxylation is 1. The van der Waals surface area contributed by atoms with Gasteiger partial charge in [-0.15, -0.1) is 11.3 Å². The Bertz CT molecular complexity index is 481. The number of methoxy groups -OCH3 is 1. The largest absolute Gasteiger partial charge is 0.496 e. The minimum absolute atomic E-state index is 0.163. The van der Waals surface area contributed by atoms with Crippen LogP contribution in [0.15, 0.2) is 29.9 Å². The molecule has 16 heavy (non-hydrogen) atoms. The number of aromatic nitrogens is 1. The van der Waals surface area contributed by atoms with Gasteiger partial charge < -0.3 is 10.5 Å². The van der Waals surface area contributed by atoms with Crippen LogP contribution in [0.2, 0.25) is 0 Å². The fourth-order valence-corrected chi connectivity index (χ4v) is 2.53. The molecule has 0 saturated carbocycles. The molecule has 2 heterocycles. The summed E-state index contributed by atoms with van der Waals surface area (Å²) in [6, 6.07) is 3.74. The molecule has 84 valence electrons. The van der Waals surface area contributed by atoms with Crippen LogP contribution < -0.4 is 10.5 Å². The normalized spacial score (nSPS) is 12.4. The zero-order valence-electron chi connectivity index (χ0n) is 9.31. The van der Waals surface area contributed by atoms with E-state index < -0.39 is 0 Å². The molecule has 4 heteroatoms. The zero-order chi connectivity index (χ0) is 11.5. The first-order valence-corrected chi connectivity index (χ1v) is 5.89. The molecule has 0 radical (unpaired) electrons. The average molecular weight is 234 g/mol. The van der Waals surface area contributed by atoms with Crippen molar-refractivity contribution in [1.82, 2.24) is 4.98 Å². The molecule has 0 fully saturated rings. The van der Waals surface area contributed by atoms with Crippen LogP contribution >= 0.6 is 11.3 Å². The van der Waals surface area contributed by atoms with Crippen LogP contribution in [0.5, 0.6) is 5.75 Å². The molecular weight excluding hydrogens is 220 g/mol. The Kier molecular flexibility index (Phi) is 3.22. The molecule has 0 bridgehead atoms. The number of pyridine rings is 1. The summed E-state index contributed by atoms with van der Waals surface area (Å²) in [6.07, 6.45) is 3.59. The van der Waals surface area contributed by atoms with E-state index in [4.69, 9.17) is 10.5 Å². The van der Waals surface area contributed by atoms with E-state index in [0.717, 1.165) is 21.8 Å². The van der Waals surface area contributed by atoms with Gasteiger partial charge in [-0.3, -0.25) is 4.98 Å². The Labute approximate surface area is 98.9 Å². The molecule has 2 N–H and O–H groups in total. The number of thiophene rings is 1. The van der Waals surface area contributed by atoms with Crippen molar-refractivity contribution in [2.75, 3.05) is 7.11 Å². The summed E-state index contributed by atoms with van der Waals surface area (Å²) in [7, 11) is 1.66. The van der Waals surface area contributed by atoms with Gasteiger partial charge in [-0.2, -0.15) is 0 Å². The number of ether oxygens (including phenoxy) is 1. The Morgan fingerprint density at radius 3 is 2.94 bits per heavy atom. The highest BCUT2D eigenvalue weighted by Crippen LogP contribution is 2.33. The first-order chi connectivity index (χ1) is 7.74. The topological polar surface area (TPSA) is 48.1 Å². The third-order valence-corrected chi connectivity index (χ3v) is 3.56. The van der Waals surface area contributed by atoms with E-state index in [9.17, 15) is 0 Å². The number of rotatable bonds is 3. The highest BCUT2D eigenvalue weighted by atomic mass is 32.1. The van der Waals surface area contributed by atoms with Gasteiger partial charge in [0.2, 0.25) is 0 Å². The maximum atomic E-state index is 6.23. The van der Waals surface area contributed by atoms with E-state index >= 15 is 0 Å². The Balaban J connectivity index is 2.39. The molecule has 1 atom stereocenters. The van der Waals surface area contributed by atoms with E-state index in [1.54, 1.807) is 24.6 Å². The molecule has 0 aromatic carbocycles. The van der Waals surface area contributed by atoms with Gasteiger partial charge in [0.25, 0.3) is 0 Å². The predicted octanol–water partition coefficient (Wildman–Crippen LogP) is 2.51. The average Bonchev–Trinajstić information content (AvgIpc) is 2.77. The number of nitrogens with zero attached hydrogens (tertiary/aromatic N) is 1. The zero-order valence-corrected chi connectivity index (χ0v) is 10.1. The quantitative estimate of drug-likeness (QED) is 0.887. The first kappa shape index (κ1) is 11.1. The summed E-state index contributed by atoms with van der Waals surface area (Å²) in [5, 5.41) is 1.99. The summed E-state index contributed by atoms with van der Waals surface area (Å²) >= 11 is 1.61. The van der Waals surface area contributed by atoms with Crippen molar-refractivity contribution >= 4 is 11.3 Å². The van der Waals surface area contributed by atoms with Crippen molar-refractivity contribution in [3.63, 3.8) is 0 Å². The van der Waals surface area contributed by atoms with Crippen molar-refractivity contribution in [2.24, 2.45) is 5.73 Å². The van der Waals surface area contributed by atoms with Crippen LogP contribution in [-0.2, 0) is 0 Å². The minimum Gasteiger partial charge on any atom is -0.496 e. The fraction of sp³-hybridized carbons (Fsp3) is 0.250. The van der Waals surface area contributed by atoms with Gasteiger partial charge in [0, 0.05) is 12.4 Å². The molecular formula is C12H14N2OS. The van der Waals surface area contributed by atoms with Gasteiger partial charge >= 0.3 is 0 Å². The van der Waals surface area contributed by atoms with E-state index in [1.807, 2.05) is 30.6 Å². The number of nitrogens with two attached hydrogens (primary N) is 1. The summed E-state index contributed by atoms with van der Waals surface area (Å²) in [5.41, 5.74) is 8.42. The summed E-state index contributed by atoms with van der Waals surface area (Å²) < 4.78 is 5.28. The van der Waals surface area contributed by atoms with Gasteiger partial charge in [-0.25, -0.2) is 0 Å². The molecule has 2 aromatic rings. The molecule has 0 amide bonds. The number of hydrogen-bond donors (Lipinski definition) is 1. The molecule has 0 saturated heterocycles. The monoisotopic (exact) mass is 234 g/mol. The molecule has 0 aliphatic carbocycles. The third kappa shape index (κ3) is 1.94. The lowest BCUT2D eigenvalue weighted by Gasteiger charge is -2.14. The molecule has 0 spiro atoms. The van der Waals surface area contributed by atoms with Crippen molar-refractivity contribution in [3.8, 4) is 5.75 Å². The molecule has 0 aliphatic heterocycles. The summed E-state index contributed by atoms with van der Waals surface area (Å²) in [6.45, 7) is 2.04. The second kappa shape index (κ2) is 4.63. The maximum Gasteiger partial charge on any atom is 0.134 e.